The zero-order chi connectivity index (χ0) is 23.7. The van der Waals surface area contributed by atoms with E-state index >= 15 is 0 Å². The van der Waals surface area contributed by atoms with Gasteiger partial charge in [-0.15, -0.1) is 11.3 Å². The van der Waals surface area contributed by atoms with Crippen molar-refractivity contribution in [3.63, 3.8) is 0 Å². The molecule has 2 heterocycles. The predicted molar refractivity (Wildman–Crippen MR) is 125 cm³/mol. The van der Waals surface area contributed by atoms with Crippen LogP contribution in [0.1, 0.15) is 39.7 Å². The van der Waals surface area contributed by atoms with E-state index in [1.165, 1.54) is 29.1 Å². The molecule has 5 rings (SSSR count). The molecule has 1 aliphatic heterocycles. The van der Waals surface area contributed by atoms with Crippen molar-refractivity contribution in [2.45, 2.75) is 31.3 Å². The first-order valence-corrected chi connectivity index (χ1v) is 12.2. The lowest BCUT2D eigenvalue weighted by molar-refractivity contribution is -0.135. The number of halogens is 2. The summed E-state index contributed by atoms with van der Waals surface area (Å²) in [5, 5.41) is 1.98. The van der Waals surface area contributed by atoms with Crippen LogP contribution in [0.15, 0.2) is 60.0 Å². The highest BCUT2D eigenvalue weighted by atomic mass is 32.1. The van der Waals surface area contributed by atoms with Gasteiger partial charge in [-0.3, -0.25) is 9.59 Å². The van der Waals surface area contributed by atoms with Crippen LogP contribution in [0, 0.1) is 11.6 Å². The summed E-state index contributed by atoms with van der Waals surface area (Å²) in [5.41, 5.74) is 1.23. The molecular weight excluding hydrogens is 458 g/mol. The maximum atomic E-state index is 14.1. The van der Waals surface area contributed by atoms with Crippen molar-refractivity contribution < 1.29 is 23.1 Å². The van der Waals surface area contributed by atoms with Crippen LogP contribution in [0.2, 0.25) is 0 Å². The minimum atomic E-state index is -0.487. The van der Waals surface area contributed by atoms with Crippen LogP contribution >= 0.6 is 11.3 Å². The number of hydrogen-bond donors (Lipinski definition) is 0. The SMILES string of the molecule is O=C(c1cccc(F)c1)N(CC(=O)N1CCc2sccc2[C@@H]1COc1ccccc1F)C1CC1. The van der Waals surface area contributed by atoms with E-state index in [4.69, 9.17) is 4.74 Å². The van der Waals surface area contributed by atoms with Crippen molar-refractivity contribution in [1.29, 1.82) is 0 Å². The third kappa shape index (κ3) is 4.68. The van der Waals surface area contributed by atoms with E-state index in [1.807, 2.05) is 11.4 Å². The van der Waals surface area contributed by atoms with Gasteiger partial charge in [0.2, 0.25) is 5.91 Å². The molecule has 2 amide bonds. The number of rotatable bonds is 7. The van der Waals surface area contributed by atoms with Crippen LogP contribution in [-0.4, -0.2) is 47.4 Å². The molecule has 0 bridgehead atoms. The summed E-state index contributed by atoms with van der Waals surface area (Å²) >= 11 is 1.63. The number of thiophene rings is 1. The van der Waals surface area contributed by atoms with E-state index in [1.54, 1.807) is 45.4 Å². The van der Waals surface area contributed by atoms with E-state index < -0.39 is 11.6 Å². The average molecular weight is 483 g/mol. The van der Waals surface area contributed by atoms with Gasteiger partial charge in [0.15, 0.2) is 11.6 Å². The summed E-state index contributed by atoms with van der Waals surface area (Å²) in [7, 11) is 0. The van der Waals surface area contributed by atoms with Crippen molar-refractivity contribution in [2.75, 3.05) is 19.7 Å². The number of fused-ring (bicyclic) bond motifs is 1. The monoisotopic (exact) mass is 482 g/mol. The Morgan fingerprint density at radius 2 is 1.91 bits per heavy atom. The summed E-state index contributed by atoms with van der Waals surface area (Å²) in [6, 6.07) is 13.3. The van der Waals surface area contributed by atoms with Crippen LogP contribution in [0.5, 0.6) is 5.75 Å². The minimum absolute atomic E-state index is 0.0191. The third-order valence-electron chi connectivity index (χ3n) is 6.27. The Hall–Kier alpha value is -3.26. The molecule has 1 aliphatic carbocycles. The van der Waals surface area contributed by atoms with Gasteiger partial charge in [-0.2, -0.15) is 0 Å². The quantitative estimate of drug-likeness (QED) is 0.485. The van der Waals surface area contributed by atoms with E-state index in [0.29, 0.717) is 6.54 Å². The van der Waals surface area contributed by atoms with Crippen LogP contribution in [0.4, 0.5) is 8.78 Å². The highest BCUT2D eigenvalue weighted by Gasteiger charge is 2.38. The van der Waals surface area contributed by atoms with Gasteiger partial charge >= 0.3 is 0 Å². The van der Waals surface area contributed by atoms with E-state index in [0.717, 1.165) is 24.8 Å². The first kappa shape index (κ1) is 22.5. The fourth-order valence-corrected chi connectivity index (χ4v) is 5.31. The molecule has 0 N–H and O–H groups in total. The maximum Gasteiger partial charge on any atom is 0.254 e. The molecule has 2 aromatic carbocycles. The number of benzene rings is 2. The highest BCUT2D eigenvalue weighted by molar-refractivity contribution is 7.10. The molecule has 1 saturated carbocycles. The van der Waals surface area contributed by atoms with Gasteiger partial charge in [0, 0.05) is 23.0 Å². The lowest BCUT2D eigenvalue weighted by Crippen LogP contribution is -2.48. The van der Waals surface area contributed by atoms with Gasteiger partial charge in [-0.1, -0.05) is 18.2 Å². The Bertz CT molecular complexity index is 1210. The molecule has 0 unspecified atom stereocenters. The molecule has 2 aliphatic rings. The van der Waals surface area contributed by atoms with E-state index in [-0.39, 0.29) is 48.4 Å². The largest absolute Gasteiger partial charge is 0.488 e. The van der Waals surface area contributed by atoms with Gasteiger partial charge in [0.1, 0.15) is 19.0 Å². The molecule has 3 aromatic rings. The Kier molecular flexibility index (Phi) is 6.32. The number of carbonyl (C=O) groups is 2. The van der Waals surface area contributed by atoms with Crippen LogP contribution in [0.25, 0.3) is 0 Å². The Balaban J connectivity index is 1.35. The molecule has 1 aromatic heterocycles. The number of carbonyl (C=O) groups excluding carboxylic acids is 2. The van der Waals surface area contributed by atoms with E-state index in [2.05, 4.69) is 0 Å². The second kappa shape index (κ2) is 9.54. The van der Waals surface area contributed by atoms with Crippen LogP contribution < -0.4 is 4.74 Å². The number of para-hydroxylation sites is 1. The molecule has 34 heavy (non-hydrogen) atoms. The molecule has 5 nitrogen and oxygen atoms in total. The molecule has 0 radical (unpaired) electrons. The molecule has 8 heteroatoms. The molecule has 176 valence electrons. The van der Waals surface area contributed by atoms with Crippen molar-refractivity contribution in [3.05, 3.63) is 87.6 Å². The molecule has 1 atom stereocenters. The molecule has 0 spiro atoms. The second-order valence-electron chi connectivity index (χ2n) is 8.57. The number of nitrogens with zero attached hydrogens (tertiary/aromatic N) is 2. The Morgan fingerprint density at radius 1 is 1.09 bits per heavy atom. The zero-order valence-electron chi connectivity index (χ0n) is 18.5. The van der Waals surface area contributed by atoms with Gasteiger partial charge < -0.3 is 14.5 Å². The van der Waals surface area contributed by atoms with Gasteiger partial charge in [-0.05, 0) is 66.6 Å². The van der Waals surface area contributed by atoms with Gasteiger partial charge in [0.25, 0.3) is 5.91 Å². The molecular formula is C26H24F2N2O3S. The van der Waals surface area contributed by atoms with Gasteiger partial charge in [-0.25, -0.2) is 8.78 Å². The summed E-state index contributed by atoms with van der Waals surface area (Å²) in [4.78, 5) is 31.1. The predicted octanol–water partition coefficient (Wildman–Crippen LogP) is 4.84. The fraction of sp³-hybridized carbons (Fsp3) is 0.308. The summed E-state index contributed by atoms with van der Waals surface area (Å²) in [6.07, 6.45) is 2.36. The lowest BCUT2D eigenvalue weighted by atomic mass is 10.0. The first-order valence-electron chi connectivity index (χ1n) is 11.3. The summed E-state index contributed by atoms with van der Waals surface area (Å²) in [6.45, 7) is 0.512. The number of amides is 2. The lowest BCUT2D eigenvalue weighted by Gasteiger charge is -2.37. The summed E-state index contributed by atoms with van der Waals surface area (Å²) < 4.78 is 33.6. The Labute approximate surface area is 200 Å². The maximum absolute atomic E-state index is 14.1. The van der Waals surface area contributed by atoms with Crippen LogP contribution in [-0.2, 0) is 11.2 Å². The topological polar surface area (TPSA) is 49.9 Å². The van der Waals surface area contributed by atoms with Crippen molar-refractivity contribution in [3.8, 4) is 5.75 Å². The highest BCUT2D eigenvalue weighted by Crippen LogP contribution is 2.35. The fourth-order valence-electron chi connectivity index (χ4n) is 4.38. The van der Waals surface area contributed by atoms with E-state index in [9.17, 15) is 18.4 Å². The molecule has 1 fully saturated rings. The average Bonchev–Trinajstić information content (AvgIpc) is 3.57. The Morgan fingerprint density at radius 3 is 2.68 bits per heavy atom. The third-order valence-corrected chi connectivity index (χ3v) is 7.27. The van der Waals surface area contributed by atoms with Crippen molar-refractivity contribution >= 4 is 23.2 Å². The second-order valence-corrected chi connectivity index (χ2v) is 9.57. The number of ether oxygens (including phenoxy) is 1. The van der Waals surface area contributed by atoms with Crippen molar-refractivity contribution in [1.82, 2.24) is 9.80 Å². The minimum Gasteiger partial charge on any atom is -0.488 e. The standard InChI is InChI=1S/C26H24F2N2O3S/c27-18-5-3-4-17(14-18)26(32)30(19-8-9-19)15-25(31)29-12-10-24-20(11-13-34-24)22(29)16-33-23-7-2-1-6-21(23)28/h1-7,11,13-14,19,22H,8-10,12,15-16H2/t22-/m0/s1. The first-order chi connectivity index (χ1) is 16.5. The zero-order valence-corrected chi connectivity index (χ0v) is 19.3. The smallest absolute Gasteiger partial charge is 0.254 e. The molecule has 0 saturated heterocycles. The van der Waals surface area contributed by atoms with Crippen LogP contribution in [0.3, 0.4) is 0 Å². The van der Waals surface area contributed by atoms with Gasteiger partial charge in [0.05, 0.1) is 6.04 Å². The number of hydrogen-bond acceptors (Lipinski definition) is 4. The normalized spacial score (nSPS) is 17.2. The van der Waals surface area contributed by atoms with Crippen molar-refractivity contribution in [2.24, 2.45) is 0 Å². The summed E-state index contributed by atoms with van der Waals surface area (Å²) in [5.74, 6) is -1.35.